The highest BCUT2D eigenvalue weighted by Crippen LogP contribution is 2.19. The molecule has 0 aliphatic heterocycles. The monoisotopic (exact) mass is 219 g/mol. The summed E-state index contributed by atoms with van der Waals surface area (Å²) in [5, 5.41) is 8.57. The van der Waals surface area contributed by atoms with Gasteiger partial charge >= 0.3 is 5.97 Å². The number of rotatable bonds is 2. The minimum atomic E-state index is -1.03. The van der Waals surface area contributed by atoms with Crippen LogP contribution in [0.1, 0.15) is 16.1 Å². The fourth-order valence-corrected chi connectivity index (χ4v) is 1.15. The fraction of sp³-hybridized carbons (Fsp3) is 0.167. The first kappa shape index (κ1) is 8.29. The summed E-state index contributed by atoms with van der Waals surface area (Å²) in [5.41, 5.74) is 5.33. The number of furan rings is 1. The van der Waals surface area contributed by atoms with Crippen LogP contribution in [0.2, 0.25) is 0 Å². The van der Waals surface area contributed by atoms with Crippen LogP contribution in [0.5, 0.6) is 0 Å². The van der Waals surface area contributed by atoms with E-state index in [1.165, 1.54) is 6.07 Å². The van der Waals surface area contributed by atoms with E-state index in [4.69, 9.17) is 15.3 Å². The van der Waals surface area contributed by atoms with E-state index >= 15 is 0 Å². The number of aromatic carboxylic acids is 1. The van der Waals surface area contributed by atoms with Crippen molar-refractivity contribution in [2.24, 2.45) is 5.73 Å². The molecule has 1 aromatic rings. The van der Waals surface area contributed by atoms with Gasteiger partial charge in [0, 0.05) is 6.07 Å². The molecule has 1 heterocycles. The SMILES string of the molecule is NCc1oc(Br)cc1C(=O)O. The Labute approximate surface area is 71.1 Å². The Kier molecular flexibility index (Phi) is 2.31. The molecule has 11 heavy (non-hydrogen) atoms. The average Bonchev–Trinajstić information content (AvgIpc) is 2.30. The molecule has 0 aliphatic rings. The van der Waals surface area contributed by atoms with Crippen molar-refractivity contribution < 1.29 is 14.3 Å². The third-order valence-electron chi connectivity index (χ3n) is 1.19. The van der Waals surface area contributed by atoms with Crippen molar-refractivity contribution in [1.29, 1.82) is 0 Å². The number of carboxylic acids is 1. The molecule has 1 rings (SSSR count). The molecule has 3 N–H and O–H groups in total. The quantitative estimate of drug-likeness (QED) is 0.784. The van der Waals surface area contributed by atoms with Crippen LogP contribution in [0, 0.1) is 0 Å². The largest absolute Gasteiger partial charge is 0.478 e. The van der Waals surface area contributed by atoms with Gasteiger partial charge in [-0.2, -0.15) is 0 Å². The second-order valence-electron chi connectivity index (χ2n) is 1.90. The van der Waals surface area contributed by atoms with Crippen LogP contribution >= 0.6 is 15.9 Å². The standard InChI is InChI=1S/C6H6BrNO3/c7-5-1-3(6(9)10)4(2-8)11-5/h1H,2,8H2,(H,9,10). The van der Waals surface area contributed by atoms with Crippen LogP contribution in [0.25, 0.3) is 0 Å². The Morgan fingerprint density at radius 3 is 2.82 bits per heavy atom. The smallest absolute Gasteiger partial charge is 0.339 e. The average molecular weight is 220 g/mol. The summed E-state index contributed by atoms with van der Waals surface area (Å²) >= 11 is 3.01. The van der Waals surface area contributed by atoms with Crippen molar-refractivity contribution >= 4 is 21.9 Å². The maximum atomic E-state index is 10.5. The summed E-state index contributed by atoms with van der Waals surface area (Å²) in [6, 6.07) is 1.38. The predicted molar refractivity (Wildman–Crippen MR) is 41.3 cm³/mol. The molecular formula is C6H6BrNO3. The van der Waals surface area contributed by atoms with Crippen molar-refractivity contribution in [1.82, 2.24) is 0 Å². The zero-order chi connectivity index (χ0) is 8.43. The van der Waals surface area contributed by atoms with Gasteiger partial charge in [0.1, 0.15) is 11.3 Å². The minimum absolute atomic E-state index is 0.0905. The van der Waals surface area contributed by atoms with Gasteiger partial charge in [0.2, 0.25) is 0 Å². The van der Waals surface area contributed by atoms with E-state index in [1.807, 2.05) is 0 Å². The molecule has 0 saturated heterocycles. The molecule has 0 fully saturated rings. The van der Waals surface area contributed by atoms with Crippen molar-refractivity contribution in [2.75, 3.05) is 0 Å². The fourth-order valence-electron chi connectivity index (χ4n) is 0.729. The molecular weight excluding hydrogens is 214 g/mol. The van der Waals surface area contributed by atoms with Crippen LogP contribution in [-0.4, -0.2) is 11.1 Å². The molecule has 0 radical (unpaired) electrons. The first-order valence-corrected chi connectivity index (χ1v) is 3.66. The van der Waals surface area contributed by atoms with Crippen molar-refractivity contribution in [2.45, 2.75) is 6.54 Å². The van der Waals surface area contributed by atoms with Gasteiger partial charge in [-0.05, 0) is 15.9 Å². The summed E-state index contributed by atoms with van der Waals surface area (Å²) in [5.74, 6) is -0.746. The Hall–Kier alpha value is -0.810. The van der Waals surface area contributed by atoms with Crippen molar-refractivity contribution in [3.05, 3.63) is 22.1 Å². The molecule has 0 bridgehead atoms. The van der Waals surface area contributed by atoms with E-state index in [0.717, 1.165) is 0 Å². The molecule has 5 heteroatoms. The molecule has 4 nitrogen and oxygen atoms in total. The lowest BCUT2D eigenvalue weighted by molar-refractivity contribution is 0.0694. The zero-order valence-electron chi connectivity index (χ0n) is 5.50. The molecule has 0 aliphatic carbocycles. The highest BCUT2D eigenvalue weighted by atomic mass is 79.9. The Morgan fingerprint density at radius 1 is 1.82 bits per heavy atom. The molecule has 0 spiro atoms. The number of hydrogen-bond acceptors (Lipinski definition) is 3. The van der Waals surface area contributed by atoms with Gasteiger partial charge < -0.3 is 15.3 Å². The zero-order valence-corrected chi connectivity index (χ0v) is 7.09. The third-order valence-corrected chi connectivity index (χ3v) is 1.59. The second-order valence-corrected chi connectivity index (χ2v) is 2.68. The van der Waals surface area contributed by atoms with Gasteiger partial charge in [0.05, 0.1) is 6.54 Å². The summed E-state index contributed by atoms with van der Waals surface area (Å²) in [6.07, 6.45) is 0. The van der Waals surface area contributed by atoms with Crippen LogP contribution in [0.3, 0.4) is 0 Å². The Bertz CT molecular complexity index is 281. The van der Waals surface area contributed by atoms with Crippen molar-refractivity contribution in [3.63, 3.8) is 0 Å². The summed E-state index contributed by atoms with van der Waals surface area (Å²) in [4.78, 5) is 10.5. The van der Waals surface area contributed by atoms with Crippen LogP contribution < -0.4 is 5.73 Å². The topological polar surface area (TPSA) is 76.5 Å². The Balaban J connectivity index is 3.12. The molecule has 60 valence electrons. The van der Waals surface area contributed by atoms with E-state index in [9.17, 15) is 4.79 Å². The van der Waals surface area contributed by atoms with Gasteiger partial charge in [-0.25, -0.2) is 4.79 Å². The molecule has 0 unspecified atom stereocenters. The Morgan fingerprint density at radius 2 is 2.45 bits per heavy atom. The molecule has 1 aromatic heterocycles. The molecule has 0 saturated carbocycles. The van der Waals surface area contributed by atoms with Gasteiger partial charge in [0.25, 0.3) is 0 Å². The highest BCUT2D eigenvalue weighted by molar-refractivity contribution is 9.10. The maximum Gasteiger partial charge on any atom is 0.339 e. The van der Waals surface area contributed by atoms with Gasteiger partial charge in [-0.1, -0.05) is 0 Å². The highest BCUT2D eigenvalue weighted by Gasteiger charge is 2.13. The molecule has 0 aromatic carbocycles. The lowest BCUT2D eigenvalue weighted by Crippen LogP contribution is -2.03. The summed E-state index contributed by atoms with van der Waals surface area (Å²) in [6.45, 7) is 0.0905. The summed E-state index contributed by atoms with van der Waals surface area (Å²) in [7, 11) is 0. The predicted octanol–water partition coefficient (Wildman–Crippen LogP) is 1.20. The number of carbonyl (C=O) groups is 1. The van der Waals surface area contributed by atoms with Gasteiger partial charge in [-0.15, -0.1) is 0 Å². The number of carboxylic acid groups (broad SMARTS) is 1. The van der Waals surface area contributed by atoms with Gasteiger partial charge in [0.15, 0.2) is 4.67 Å². The molecule has 0 atom stereocenters. The maximum absolute atomic E-state index is 10.5. The van der Waals surface area contributed by atoms with E-state index in [1.54, 1.807) is 0 Å². The van der Waals surface area contributed by atoms with E-state index in [0.29, 0.717) is 4.67 Å². The lowest BCUT2D eigenvalue weighted by atomic mass is 10.2. The lowest BCUT2D eigenvalue weighted by Gasteiger charge is -1.90. The van der Waals surface area contributed by atoms with Crippen LogP contribution in [0.4, 0.5) is 0 Å². The first-order valence-electron chi connectivity index (χ1n) is 2.86. The number of nitrogens with two attached hydrogens (primary N) is 1. The second kappa shape index (κ2) is 3.06. The first-order chi connectivity index (χ1) is 5.15. The van der Waals surface area contributed by atoms with Crippen LogP contribution in [0.15, 0.2) is 15.2 Å². The number of halogens is 1. The number of hydrogen-bond donors (Lipinski definition) is 2. The minimum Gasteiger partial charge on any atom is -0.478 e. The van der Waals surface area contributed by atoms with Crippen LogP contribution in [-0.2, 0) is 6.54 Å². The molecule has 0 amide bonds. The van der Waals surface area contributed by atoms with Gasteiger partial charge in [-0.3, -0.25) is 0 Å². The third kappa shape index (κ3) is 1.61. The van der Waals surface area contributed by atoms with E-state index < -0.39 is 5.97 Å². The normalized spacial score (nSPS) is 10.0. The van der Waals surface area contributed by atoms with E-state index in [-0.39, 0.29) is 17.9 Å². The summed E-state index contributed by atoms with van der Waals surface area (Å²) < 4.78 is 5.32. The van der Waals surface area contributed by atoms with Crippen molar-refractivity contribution in [3.8, 4) is 0 Å². The van der Waals surface area contributed by atoms with E-state index in [2.05, 4.69) is 15.9 Å².